The van der Waals surface area contributed by atoms with Crippen molar-refractivity contribution in [3.63, 3.8) is 0 Å². The number of pyridine rings is 1. The highest BCUT2D eigenvalue weighted by Crippen LogP contribution is 2.33. The summed E-state index contributed by atoms with van der Waals surface area (Å²) in [4.78, 5) is 4.27. The molecule has 0 bridgehead atoms. The smallest absolute Gasteiger partial charge is 0.123 e. The summed E-state index contributed by atoms with van der Waals surface area (Å²) in [5, 5.41) is 10.5. The number of phenols is 1. The van der Waals surface area contributed by atoms with Crippen molar-refractivity contribution in [1.82, 2.24) is 4.98 Å². The van der Waals surface area contributed by atoms with Gasteiger partial charge in [0.15, 0.2) is 0 Å². The molecule has 0 aliphatic heterocycles. The molecule has 0 amide bonds. The van der Waals surface area contributed by atoms with Crippen molar-refractivity contribution in [3.8, 4) is 16.9 Å². The molecule has 0 saturated heterocycles. The second kappa shape index (κ2) is 4.60. The second-order valence-corrected chi connectivity index (χ2v) is 4.97. The lowest BCUT2D eigenvalue weighted by Gasteiger charge is -2.13. The van der Waals surface area contributed by atoms with E-state index in [0.29, 0.717) is 0 Å². The Hall–Kier alpha value is -2.42. The van der Waals surface area contributed by atoms with Gasteiger partial charge in [-0.3, -0.25) is 4.98 Å². The van der Waals surface area contributed by atoms with E-state index in [2.05, 4.69) is 4.98 Å². The molecule has 0 unspecified atom stereocenters. The van der Waals surface area contributed by atoms with E-state index >= 15 is 0 Å². The number of nitrogens with zero attached hydrogens (tertiary/aromatic N) is 1. The summed E-state index contributed by atoms with van der Waals surface area (Å²) < 4.78 is 13.4. The molecular formula is C17H14FNO. The van der Waals surface area contributed by atoms with E-state index in [-0.39, 0.29) is 11.6 Å². The number of hydrogen-bond donors (Lipinski definition) is 1. The predicted octanol–water partition coefficient (Wildman–Crippen LogP) is 4.36. The van der Waals surface area contributed by atoms with Gasteiger partial charge in [0.05, 0.1) is 5.52 Å². The molecule has 2 nitrogen and oxygen atoms in total. The third kappa shape index (κ3) is 2.01. The lowest BCUT2D eigenvalue weighted by Crippen LogP contribution is -1.92. The van der Waals surface area contributed by atoms with Crippen LogP contribution in [0.1, 0.15) is 11.1 Å². The van der Waals surface area contributed by atoms with Gasteiger partial charge in [0.1, 0.15) is 11.6 Å². The first-order chi connectivity index (χ1) is 9.56. The van der Waals surface area contributed by atoms with E-state index in [0.717, 1.165) is 33.2 Å². The number of benzene rings is 2. The average molecular weight is 267 g/mol. The predicted molar refractivity (Wildman–Crippen MR) is 78.3 cm³/mol. The van der Waals surface area contributed by atoms with Crippen LogP contribution in [0.3, 0.4) is 0 Å². The second-order valence-electron chi connectivity index (χ2n) is 4.97. The van der Waals surface area contributed by atoms with Gasteiger partial charge in [0.25, 0.3) is 0 Å². The molecule has 1 aromatic heterocycles. The van der Waals surface area contributed by atoms with Crippen LogP contribution in [0.2, 0.25) is 0 Å². The van der Waals surface area contributed by atoms with Crippen LogP contribution in [0.15, 0.2) is 42.6 Å². The van der Waals surface area contributed by atoms with Gasteiger partial charge in [0.2, 0.25) is 0 Å². The van der Waals surface area contributed by atoms with Crippen LogP contribution in [0, 0.1) is 19.7 Å². The van der Waals surface area contributed by atoms with Crippen molar-refractivity contribution < 1.29 is 9.50 Å². The lowest BCUT2D eigenvalue weighted by molar-refractivity contribution is 0.476. The van der Waals surface area contributed by atoms with Crippen molar-refractivity contribution in [2.45, 2.75) is 13.8 Å². The molecule has 1 N–H and O–H groups in total. The van der Waals surface area contributed by atoms with Crippen LogP contribution < -0.4 is 0 Å². The molecule has 1 heterocycles. The molecule has 0 fully saturated rings. The molecule has 0 atom stereocenters. The summed E-state index contributed by atoms with van der Waals surface area (Å²) >= 11 is 0. The molecule has 0 radical (unpaired) electrons. The maximum absolute atomic E-state index is 13.4. The number of aryl methyl sites for hydroxylation is 2. The zero-order valence-corrected chi connectivity index (χ0v) is 11.3. The molecule has 2 aromatic carbocycles. The lowest BCUT2D eigenvalue weighted by atomic mass is 9.93. The van der Waals surface area contributed by atoms with E-state index < -0.39 is 0 Å². The van der Waals surface area contributed by atoms with Gasteiger partial charge in [-0.05, 0) is 66.4 Å². The van der Waals surface area contributed by atoms with Gasteiger partial charge in [0, 0.05) is 17.6 Å². The van der Waals surface area contributed by atoms with E-state index in [1.165, 1.54) is 12.1 Å². The van der Waals surface area contributed by atoms with Crippen molar-refractivity contribution in [1.29, 1.82) is 0 Å². The minimum atomic E-state index is -0.222. The SMILES string of the molecule is Cc1cc(F)cc(C)c1-c1ccnc2cc(O)ccc12. The number of aromatic nitrogens is 1. The normalized spacial score (nSPS) is 10.9. The standard InChI is InChI=1S/C17H14FNO/c1-10-7-12(18)8-11(2)17(10)15-5-6-19-16-9-13(20)3-4-14(15)16/h3-9,20H,1-2H3. The summed E-state index contributed by atoms with van der Waals surface area (Å²) in [6, 6.07) is 10.1. The van der Waals surface area contributed by atoms with Gasteiger partial charge in [-0.15, -0.1) is 0 Å². The monoisotopic (exact) mass is 267 g/mol. The van der Waals surface area contributed by atoms with Gasteiger partial charge in [-0.2, -0.15) is 0 Å². The molecular weight excluding hydrogens is 253 g/mol. The van der Waals surface area contributed by atoms with Gasteiger partial charge < -0.3 is 5.11 Å². The molecule has 3 heteroatoms. The van der Waals surface area contributed by atoms with Crippen molar-refractivity contribution >= 4 is 10.9 Å². The first kappa shape index (κ1) is 12.6. The number of phenolic OH excluding ortho intramolecular Hbond substituents is 1. The fourth-order valence-corrected chi connectivity index (χ4v) is 2.69. The van der Waals surface area contributed by atoms with Gasteiger partial charge in [-0.1, -0.05) is 0 Å². The summed E-state index contributed by atoms with van der Waals surface area (Å²) in [6.45, 7) is 3.80. The highest BCUT2D eigenvalue weighted by atomic mass is 19.1. The number of hydrogen-bond acceptors (Lipinski definition) is 2. The number of rotatable bonds is 1. The Morgan fingerprint density at radius 1 is 1.00 bits per heavy atom. The Balaban J connectivity index is 2.36. The number of fused-ring (bicyclic) bond motifs is 1. The highest BCUT2D eigenvalue weighted by Gasteiger charge is 2.11. The zero-order chi connectivity index (χ0) is 14.3. The summed E-state index contributed by atoms with van der Waals surface area (Å²) in [6.07, 6.45) is 1.71. The highest BCUT2D eigenvalue weighted by molar-refractivity contribution is 5.96. The molecule has 100 valence electrons. The van der Waals surface area contributed by atoms with E-state index in [4.69, 9.17) is 0 Å². The van der Waals surface area contributed by atoms with Crippen LogP contribution >= 0.6 is 0 Å². The molecule has 0 saturated carbocycles. The van der Waals surface area contributed by atoms with Crippen LogP contribution in [0.4, 0.5) is 4.39 Å². The average Bonchev–Trinajstić information content (AvgIpc) is 2.37. The minimum absolute atomic E-state index is 0.190. The Bertz CT molecular complexity index is 788. The fraction of sp³-hybridized carbons (Fsp3) is 0.118. The Morgan fingerprint density at radius 3 is 2.40 bits per heavy atom. The molecule has 0 spiro atoms. The van der Waals surface area contributed by atoms with Crippen molar-refractivity contribution in [3.05, 3.63) is 59.5 Å². The maximum atomic E-state index is 13.4. The third-order valence-electron chi connectivity index (χ3n) is 3.49. The van der Waals surface area contributed by atoms with Crippen molar-refractivity contribution in [2.75, 3.05) is 0 Å². The van der Waals surface area contributed by atoms with Crippen LogP contribution in [0.5, 0.6) is 5.75 Å². The topological polar surface area (TPSA) is 33.1 Å². The summed E-state index contributed by atoms with van der Waals surface area (Å²) in [5.74, 6) is -0.0329. The number of aromatic hydroxyl groups is 1. The molecule has 0 aliphatic carbocycles. The van der Waals surface area contributed by atoms with Crippen LogP contribution in [-0.4, -0.2) is 10.1 Å². The van der Waals surface area contributed by atoms with Crippen molar-refractivity contribution in [2.24, 2.45) is 0 Å². The maximum Gasteiger partial charge on any atom is 0.123 e. The van der Waals surface area contributed by atoms with E-state index in [1.54, 1.807) is 18.3 Å². The first-order valence-corrected chi connectivity index (χ1v) is 6.41. The first-order valence-electron chi connectivity index (χ1n) is 6.41. The quantitative estimate of drug-likeness (QED) is 0.710. The summed E-state index contributed by atoms with van der Waals surface area (Å²) in [7, 11) is 0. The molecule has 3 aromatic rings. The fourth-order valence-electron chi connectivity index (χ4n) is 2.69. The number of halogens is 1. The Kier molecular flexibility index (Phi) is 2.90. The largest absolute Gasteiger partial charge is 0.508 e. The molecule has 20 heavy (non-hydrogen) atoms. The Labute approximate surface area is 116 Å². The van der Waals surface area contributed by atoms with Crippen LogP contribution in [-0.2, 0) is 0 Å². The van der Waals surface area contributed by atoms with E-state index in [1.807, 2.05) is 26.0 Å². The molecule has 0 aliphatic rings. The molecule has 3 rings (SSSR count). The van der Waals surface area contributed by atoms with Gasteiger partial charge >= 0.3 is 0 Å². The summed E-state index contributed by atoms with van der Waals surface area (Å²) in [5.41, 5.74) is 4.53. The van der Waals surface area contributed by atoms with Crippen LogP contribution in [0.25, 0.3) is 22.0 Å². The zero-order valence-electron chi connectivity index (χ0n) is 11.3. The Morgan fingerprint density at radius 2 is 1.70 bits per heavy atom. The van der Waals surface area contributed by atoms with Gasteiger partial charge in [-0.25, -0.2) is 4.39 Å². The van der Waals surface area contributed by atoms with E-state index in [9.17, 15) is 9.50 Å². The minimum Gasteiger partial charge on any atom is -0.508 e. The third-order valence-corrected chi connectivity index (χ3v) is 3.49.